The summed E-state index contributed by atoms with van der Waals surface area (Å²) in [6, 6.07) is 8.50. The van der Waals surface area contributed by atoms with Gasteiger partial charge in [-0.05, 0) is 50.7 Å². The van der Waals surface area contributed by atoms with E-state index in [9.17, 15) is 0 Å². The minimum atomic E-state index is 0.637. The molecule has 1 fully saturated rings. The molecular weight excluding hydrogens is 192 g/mol. The van der Waals surface area contributed by atoms with Gasteiger partial charge in [-0.2, -0.15) is 0 Å². The first-order chi connectivity index (χ1) is 7.74. The van der Waals surface area contributed by atoms with Gasteiger partial charge in [0, 0.05) is 11.5 Å². The van der Waals surface area contributed by atoms with Crippen molar-refractivity contribution in [3.05, 3.63) is 35.4 Å². The van der Waals surface area contributed by atoms with Crippen LogP contribution < -0.4 is 0 Å². The van der Waals surface area contributed by atoms with Gasteiger partial charge in [0.15, 0.2) is 0 Å². The maximum atomic E-state index is 3.43. The largest absolute Gasteiger partial charge is 0.0945 e. The molecular formula is C16H20. The second kappa shape index (κ2) is 5.21. The van der Waals surface area contributed by atoms with Crippen molar-refractivity contribution in [2.45, 2.75) is 39.5 Å². The molecule has 1 aromatic carbocycles. The molecule has 0 N–H and O–H groups in total. The molecule has 1 aromatic rings. The average Bonchev–Trinajstić information content (AvgIpc) is 2.30. The lowest BCUT2D eigenvalue weighted by atomic mass is 9.83. The summed E-state index contributed by atoms with van der Waals surface area (Å²) >= 11 is 0. The zero-order valence-electron chi connectivity index (χ0n) is 10.3. The first kappa shape index (κ1) is 11.3. The van der Waals surface area contributed by atoms with Gasteiger partial charge in [-0.3, -0.25) is 0 Å². The summed E-state index contributed by atoms with van der Waals surface area (Å²) < 4.78 is 0. The Morgan fingerprint density at radius 3 is 2.25 bits per heavy atom. The van der Waals surface area contributed by atoms with Crippen LogP contribution in [0.1, 0.15) is 43.7 Å². The molecule has 84 valence electrons. The van der Waals surface area contributed by atoms with Crippen molar-refractivity contribution in [2.24, 2.45) is 11.8 Å². The summed E-state index contributed by atoms with van der Waals surface area (Å²) in [5, 5.41) is 0. The molecule has 1 aliphatic carbocycles. The summed E-state index contributed by atoms with van der Waals surface area (Å²) in [5.74, 6) is 8.29. The van der Waals surface area contributed by atoms with E-state index in [2.05, 4.69) is 50.0 Å². The van der Waals surface area contributed by atoms with E-state index in [4.69, 9.17) is 0 Å². The van der Waals surface area contributed by atoms with Crippen molar-refractivity contribution < 1.29 is 0 Å². The number of rotatable bonds is 0. The van der Waals surface area contributed by atoms with Crippen molar-refractivity contribution >= 4 is 0 Å². The zero-order chi connectivity index (χ0) is 11.4. The van der Waals surface area contributed by atoms with E-state index in [1.807, 2.05) is 0 Å². The van der Waals surface area contributed by atoms with E-state index in [1.165, 1.54) is 31.2 Å². The van der Waals surface area contributed by atoms with E-state index in [1.54, 1.807) is 0 Å². The molecule has 0 amide bonds. The minimum absolute atomic E-state index is 0.637. The molecule has 2 rings (SSSR count). The zero-order valence-corrected chi connectivity index (χ0v) is 10.3. The Labute approximate surface area is 99.1 Å². The fourth-order valence-electron chi connectivity index (χ4n) is 2.23. The Hall–Kier alpha value is -1.22. The second-order valence-electron chi connectivity index (χ2n) is 5.09. The summed E-state index contributed by atoms with van der Waals surface area (Å²) in [6.07, 6.45) is 5.29. The monoisotopic (exact) mass is 212 g/mol. The predicted molar refractivity (Wildman–Crippen MR) is 69.2 cm³/mol. The summed E-state index contributed by atoms with van der Waals surface area (Å²) in [6.45, 7) is 4.46. The van der Waals surface area contributed by atoms with Gasteiger partial charge in [-0.1, -0.05) is 36.5 Å². The van der Waals surface area contributed by atoms with E-state index in [0.717, 1.165) is 11.5 Å². The molecule has 0 unspecified atom stereocenters. The third-order valence-corrected chi connectivity index (χ3v) is 3.49. The minimum Gasteiger partial charge on any atom is -0.0945 e. The lowest BCUT2D eigenvalue weighted by Gasteiger charge is -2.21. The van der Waals surface area contributed by atoms with Crippen LogP contribution in [-0.4, -0.2) is 0 Å². The highest BCUT2D eigenvalue weighted by molar-refractivity contribution is 5.36. The highest BCUT2D eigenvalue weighted by atomic mass is 14.2. The topological polar surface area (TPSA) is 0 Å². The van der Waals surface area contributed by atoms with Crippen molar-refractivity contribution in [3.8, 4) is 11.8 Å². The van der Waals surface area contributed by atoms with Gasteiger partial charge in [0.25, 0.3) is 0 Å². The average molecular weight is 212 g/mol. The third kappa shape index (κ3) is 3.14. The van der Waals surface area contributed by atoms with Crippen molar-refractivity contribution in [3.63, 3.8) is 0 Å². The van der Waals surface area contributed by atoms with Gasteiger partial charge in [-0.15, -0.1) is 0 Å². The van der Waals surface area contributed by atoms with Crippen LogP contribution in [0.5, 0.6) is 0 Å². The highest BCUT2D eigenvalue weighted by Crippen LogP contribution is 2.27. The summed E-state index contributed by atoms with van der Waals surface area (Å²) in [4.78, 5) is 0. The molecule has 0 saturated heterocycles. The van der Waals surface area contributed by atoms with E-state index in [0.29, 0.717) is 5.92 Å². The Bertz CT molecular complexity index is 380. The van der Waals surface area contributed by atoms with E-state index in [-0.39, 0.29) is 0 Å². The third-order valence-electron chi connectivity index (χ3n) is 3.49. The van der Waals surface area contributed by atoms with Crippen LogP contribution in [-0.2, 0) is 0 Å². The molecule has 0 aliphatic heterocycles. The Balaban J connectivity index is 1.96. The molecule has 0 aromatic heterocycles. The van der Waals surface area contributed by atoms with Gasteiger partial charge in [-0.25, -0.2) is 0 Å². The second-order valence-corrected chi connectivity index (χ2v) is 5.09. The van der Waals surface area contributed by atoms with Crippen molar-refractivity contribution in [2.75, 3.05) is 0 Å². The number of hydrogen-bond donors (Lipinski definition) is 0. The van der Waals surface area contributed by atoms with Crippen molar-refractivity contribution in [1.29, 1.82) is 0 Å². The maximum absolute atomic E-state index is 3.43. The van der Waals surface area contributed by atoms with Crippen LogP contribution in [0.15, 0.2) is 24.3 Å². The van der Waals surface area contributed by atoms with Gasteiger partial charge in [0.05, 0.1) is 0 Å². The molecule has 0 spiro atoms. The first-order valence-corrected chi connectivity index (χ1v) is 6.32. The van der Waals surface area contributed by atoms with Crippen LogP contribution in [0.2, 0.25) is 0 Å². The van der Waals surface area contributed by atoms with E-state index < -0.39 is 0 Å². The summed E-state index contributed by atoms with van der Waals surface area (Å²) in [7, 11) is 0. The quantitative estimate of drug-likeness (QED) is 0.566. The Morgan fingerprint density at radius 2 is 1.62 bits per heavy atom. The fraction of sp³-hybridized carbons (Fsp3) is 0.500. The van der Waals surface area contributed by atoms with Crippen LogP contribution in [0.25, 0.3) is 0 Å². The molecule has 1 saturated carbocycles. The Kier molecular flexibility index (Phi) is 3.67. The normalized spacial score (nSPS) is 24.6. The molecule has 0 heteroatoms. The van der Waals surface area contributed by atoms with Crippen LogP contribution in [0, 0.1) is 30.6 Å². The predicted octanol–water partition coefficient (Wildman–Crippen LogP) is 4.17. The smallest absolute Gasteiger partial charge is 0.0245 e. The van der Waals surface area contributed by atoms with Crippen molar-refractivity contribution in [1.82, 2.24) is 0 Å². The van der Waals surface area contributed by atoms with Crippen LogP contribution in [0.4, 0.5) is 0 Å². The molecule has 0 atom stereocenters. The lowest BCUT2D eigenvalue weighted by molar-refractivity contribution is 0.337. The number of hydrogen-bond acceptors (Lipinski definition) is 0. The SMILES string of the molecule is Cc1ccc(C#CC2CCC(C)CC2)cc1. The number of benzene rings is 1. The molecule has 0 nitrogen and oxygen atoms in total. The van der Waals surface area contributed by atoms with Gasteiger partial charge in [0.2, 0.25) is 0 Å². The first-order valence-electron chi connectivity index (χ1n) is 6.32. The van der Waals surface area contributed by atoms with Gasteiger partial charge in [0.1, 0.15) is 0 Å². The highest BCUT2D eigenvalue weighted by Gasteiger charge is 2.15. The van der Waals surface area contributed by atoms with E-state index >= 15 is 0 Å². The molecule has 1 aliphatic rings. The standard InChI is InChI=1S/C16H20/c1-13-3-7-15(8-4-13)11-12-16-9-5-14(2)6-10-16/h3-4,7-8,14,16H,5-6,9-10H2,1-2H3. The maximum Gasteiger partial charge on any atom is 0.0245 e. The van der Waals surface area contributed by atoms with Gasteiger partial charge < -0.3 is 0 Å². The fourth-order valence-corrected chi connectivity index (χ4v) is 2.23. The molecule has 0 bridgehead atoms. The van der Waals surface area contributed by atoms with Gasteiger partial charge >= 0.3 is 0 Å². The molecule has 16 heavy (non-hydrogen) atoms. The molecule has 0 heterocycles. The lowest BCUT2D eigenvalue weighted by Crippen LogP contribution is -2.10. The molecule has 0 radical (unpaired) electrons. The van der Waals surface area contributed by atoms with Crippen LogP contribution in [0.3, 0.4) is 0 Å². The van der Waals surface area contributed by atoms with Crippen LogP contribution >= 0.6 is 0 Å². The number of aryl methyl sites for hydroxylation is 1. The Morgan fingerprint density at radius 1 is 1.00 bits per heavy atom. The summed E-state index contributed by atoms with van der Waals surface area (Å²) in [5.41, 5.74) is 2.46.